The fourth-order valence-electron chi connectivity index (χ4n) is 1.47. The molecule has 1 aromatic rings. The second kappa shape index (κ2) is 3.93. The van der Waals surface area contributed by atoms with Crippen molar-refractivity contribution in [3.63, 3.8) is 0 Å². The molecular weight excluding hydrogens is 176 g/mol. The average Bonchev–Trinajstić information content (AvgIpc) is 2.99. The Bertz CT molecular complexity index is 323. The third-order valence-electron chi connectivity index (χ3n) is 2.52. The van der Waals surface area contributed by atoms with E-state index in [9.17, 15) is 4.79 Å². The largest absolute Gasteiger partial charge is 0.373 e. The van der Waals surface area contributed by atoms with Crippen LogP contribution in [0.3, 0.4) is 0 Å². The van der Waals surface area contributed by atoms with E-state index in [1.807, 2.05) is 24.3 Å². The molecule has 74 valence electrons. The summed E-state index contributed by atoms with van der Waals surface area (Å²) in [6.45, 7) is 2.51. The minimum absolute atomic E-state index is 0.127. The maximum atomic E-state index is 11.0. The summed E-state index contributed by atoms with van der Waals surface area (Å²) in [6.07, 6.45) is 2.63. The van der Waals surface area contributed by atoms with Crippen molar-refractivity contribution in [2.75, 3.05) is 6.61 Å². The first-order valence-electron chi connectivity index (χ1n) is 4.97. The Morgan fingerprint density at radius 2 is 2.07 bits per heavy atom. The van der Waals surface area contributed by atoms with Gasteiger partial charge in [0.05, 0.1) is 12.7 Å². The number of hydrogen-bond acceptors (Lipinski definition) is 2. The van der Waals surface area contributed by atoms with Crippen molar-refractivity contribution in [1.29, 1.82) is 0 Å². The molecule has 0 bridgehead atoms. The molecule has 0 saturated carbocycles. The molecule has 14 heavy (non-hydrogen) atoms. The summed E-state index contributed by atoms with van der Waals surface area (Å²) in [6, 6.07) is 7.84. The van der Waals surface area contributed by atoms with E-state index in [-0.39, 0.29) is 5.78 Å². The quantitative estimate of drug-likeness (QED) is 0.538. The second-order valence-corrected chi connectivity index (χ2v) is 3.75. The van der Waals surface area contributed by atoms with E-state index in [1.165, 1.54) is 5.56 Å². The van der Waals surface area contributed by atoms with Crippen LogP contribution in [0.1, 0.15) is 29.3 Å². The molecule has 0 aliphatic carbocycles. The maximum absolute atomic E-state index is 11.0. The van der Waals surface area contributed by atoms with Crippen LogP contribution >= 0.6 is 0 Å². The van der Waals surface area contributed by atoms with Crippen LogP contribution in [0.25, 0.3) is 0 Å². The fraction of sp³-hybridized carbons (Fsp3) is 0.417. The van der Waals surface area contributed by atoms with E-state index in [0.717, 1.165) is 25.0 Å². The third kappa shape index (κ3) is 2.42. The SMILES string of the molecule is CC(=O)c1ccc(CCC2CO2)cc1. The van der Waals surface area contributed by atoms with Gasteiger partial charge in [0.25, 0.3) is 0 Å². The molecular formula is C12H14O2. The standard InChI is InChI=1S/C12H14O2/c1-9(13)11-5-2-10(3-6-11)4-7-12-8-14-12/h2-3,5-6,12H,4,7-8H2,1H3. The molecule has 1 aliphatic heterocycles. The van der Waals surface area contributed by atoms with Crippen LogP contribution < -0.4 is 0 Å². The van der Waals surface area contributed by atoms with E-state index >= 15 is 0 Å². The van der Waals surface area contributed by atoms with Crippen LogP contribution in [0.5, 0.6) is 0 Å². The first kappa shape index (κ1) is 9.41. The molecule has 1 atom stereocenters. The van der Waals surface area contributed by atoms with E-state index in [2.05, 4.69) is 0 Å². The first-order chi connectivity index (χ1) is 6.75. The smallest absolute Gasteiger partial charge is 0.159 e. The Morgan fingerprint density at radius 3 is 2.57 bits per heavy atom. The molecule has 0 aromatic heterocycles. The summed E-state index contributed by atoms with van der Waals surface area (Å²) in [7, 11) is 0. The lowest BCUT2D eigenvalue weighted by Gasteiger charge is -2.00. The van der Waals surface area contributed by atoms with Crippen molar-refractivity contribution >= 4 is 5.78 Å². The molecule has 0 amide bonds. The minimum atomic E-state index is 0.127. The summed E-state index contributed by atoms with van der Waals surface area (Å²) in [5, 5.41) is 0. The number of ether oxygens (including phenoxy) is 1. The number of epoxide rings is 1. The van der Waals surface area contributed by atoms with Gasteiger partial charge in [-0.3, -0.25) is 4.79 Å². The van der Waals surface area contributed by atoms with Crippen molar-refractivity contribution in [3.05, 3.63) is 35.4 Å². The molecule has 1 aliphatic rings. The van der Waals surface area contributed by atoms with Crippen LogP contribution in [0, 0.1) is 0 Å². The number of hydrogen-bond donors (Lipinski definition) is 0. The normalized spacial score (nSPS) is 19.4. The number of rotatable bonds is 4. The van der Waals surface area contributed by atoms with E-state index in [1.54, 1.807) is 6.92 Å². The van der Waals surface area contributed by atoms with Gasteiger partial charge >= 0.3 is 0 Å². The topological polar surface area (TPSA) is 29.6 Å². The number of Topliss-reactive ketones (excluding diaryl/α,β-unsaturated/α-hetero) is 1. The highest BCUT2D eigenvalue weighted by molar-refractivity contribution is 5.93. The molecule has 0 N–H and O–H groups in total. The van der Waals surface area contributed by atoms with Gasteiger partial charge in [-0.15, -0.1) is 0 Å². The minimum Gasteiger partial charge on any atom is -0.373 e. The number of aryl methyl sites for hydroxylation is 1. The first-order valence-corrected chi connectivity index (χ1v) is 4.97. The van der Waals surface area contributed by atoms with Gasteiger partial charge in [-0.2, -0.15) is 0 Å². The molecule has 1 heterocycles. The van der Waals surface area contributed by atoms with Gasteiger partial charge < -0.3 is 4.74 Å². The summed E-state index contributed by atoms with van der Waals surface area (Å²) in [5.74, 6) is 0.127. The highest BCUT2D eigenvalue weighted by Crippen LogP contribution is 2.17. The monoisotopic (exact) mass is 190 g/mol. The molecule has 2 rings (SSSR count). The van der Waals surface area contributed by atoms with Crippen molar-refractivity contribution in [2.45, 2.75) is 25.9 Å². The fourth-order valence-corrected chi connectivity index (χ4v) is 1.47. The average molecular weight is 190 g/mol. The Balaban J connectivity index is 1.94. The lowest BCUT2D eigenvalue weighted by Crippen LogP contribution is -1.94. The van der Waals surface area contributed by atoms with Gasteiger partial charge in [0.1, 0.15) is 0 Å². The van der Waals surface area contributed by atoms with Gasteiger partial charge in [0.2, 0.25) is 0 Å². The van der Waals surface area contributed by atoms with E-state index in [0.29, 0.717) is 6.10 Å². The number of carbonyl (C=O) groups is 1. The van der Waals surface area contributed by atoms with Crippen molar-refractivity contribution in [3.8, 4) is 0 Å². The van der Waals surface area contributed by atoms with Gasteiger partial charge in [-0.05, 0) is 25.3 Å². The molecule has 1 aromatic carbocycles. The zero-order valence-corrected chi connectivity index (χ0v) is 8.32. The van der Waals surface area contributed by atoms with E-state index < -0.39 is 0 Å². The Kier molecular flexibility index (Phi) is 2.64. The van der Waals surface area contributed by atoms with E-state index in [4.69, 9.17) is 4.74 Å². The van der Waals surface area contributed by atoms with Gasteiger partial charge in [-0.25, -0.2) is 0 Å². The highest BCUT2D eigenvalue weighted by Gasteiger charge is 2.21. The molecule has 2 heteroatoms. The maximum Gasteiger partial charge on any atom is 0.159 e. The van der Waals surface area contributed by atoms with Gasteiger partial charge in [-0.1, -0.05) is 24.3 Å². The predicted molar refractivity (Wildman–Crippen MR) is 54.5 cm³/mol. The molecule has 2 nitrogen and oxygen atoms in total. The van der Waals surface area contributed by atoms with Crippen LogP contribution in [-0.4, -0.2) is 18.5 Å². The molecule has 0 radical (unpaired) electrons. The number of carbonyl (C=O) groups excluding carboxylic acids is 1. The zero-order chi connectivity index (χ0) is 9.97. The van der Waals surface area contributed by atoms with Crippen molar-refractivity contribution in [1.82, 2.24) is 0 Å². The lowest BCUT2D eigenvalue weighted by molar-refractivity contribution is 0.101. The Hall–Kier alpha value is -1.15. The van der Waals surface area contributed by atoms with Crippen LogP contribution in [0.4, 0.5) is 0 Å². The Morgan fingerprint density at radius 1 is 1.43 bits per heavy atom. The molecule has 1 saturated heterocycles. The van der Waals surface area contributed by atoms with Crippen molar-refractivity contribution in [2.24, 2.45) is 0 Å². The summed E-state index contributed by atoms with van der Waals surface area (Å²) in [5.41, 5.74) is 2.07. The van der Waals surface area contributed by atoms with Gasteiger partial charge in [0, 0.05) is 5.56 Å². The Labute approximate surface area is 83.9 Å². The summed E-state index contributed by atoms with van der Waals surface area (Å²) in [4.78, 5) is 11.0. The van der Waals surface area contributed by atoms with Gasteiger partial charge in [0.15, 0.2) is 5.78 Å². The molecule has 1 fully saturated rings. The van der Waals surface area contributed by atoms with Crippen molar-refractivity contribution < 1.29 is 9.53 Å². The van der Waals surface area contributed by atoms with Crippen LogP contribution in [-0.2, 0) is 11.2 Å². The second-order valence-electron chi connectivity index (χ2n) is 3.75. The third-order valence-corrected chi connectivity index (χ3v) is 2.52. The molecule has 0 spiro atoms. The summed E-state index contributed by atoms with van der Waals surface area (Å²) < 4.78 is 5.14. The lowest BCUT2D eigenvalue weighted by atomic mass is 10.0. The zero-order valence-electron chi connectivity index (χ0n) is 8.32. The summed E-state index contributed by atoms with van der Waals surface area (Å²) >= 11 is 0. The highest BCUT2D eigenvalue weighted by atomic mass is 16.6. The molecule has 1 unspecified atom stereocenters. The predicted octanol–water partition coefficient (Wildman–Crippen LogP) is 2.22. The number of benzene rings is 1. The van der Waals surface area contributed by atoms with Crippen LogP contribution in [0.15, 0.2) is 24.3 Å². The number of ketones is 1. The van der Waals surface area contributed by atoms with Crippen LogP contribution in [0.2, 0.25) is 0 Å².